The molecule has 0 spiro atoms. The van der Waals surface area contributed by atoms with Crippen molar-refractivity contribution in [1.29, 1.82) is 0 Å². The van der Waals surface area contributed by atoms with Crippen LogP contribution in [0.4, 0.5) is 0 Å². The van der Waals surface area contributed by atoms with Crippen LogP contribution < -0.4 is 0 Å². The quantitative estimate of drug-likeness (QED) is 0.486. The summed E-state index contributed by atoms with van der Waals surface area (Å²) in [5, 5.41) is 0. The summed E-state index contributed by atoms with van der Waals surface area (Å²) in [5.41, 5.74) is 1.81. The molecule has 0 amide bonds. The number of ketones is 4. The second kappa shape index (κ2) is 6.62. The molecule has 2 aliphatic heterocycles. The average Bonchev–Trinajstić information content (AvgIpc) is 3.34. The van der Waals surface area contributed by atoms with Gasteiger partial charge in [0, 0.05) is 41.8 Å². The first-order valence-corrected chi connectivity index (χ1v) is 12.1. The Balaban J connectivity index is 1.36. The zero-order valence-corrected chi connectivity index (χ0v) is 18.2. The molecule has 2 heterocycles. The molecule has 0 fully saturated rings. The lowest BCUT2D eigenvalue weighted by atomic mass is 9.95. The standard InChI is InChI=1S/C22H8O4S4/c23-13-1-2-14(24)10-6-18-17(5-9(10)13)27-21(28-18)22-29-19-7-11-12(8-20(19)30-22)16(26)4-3-15(11)25/h1-8H. The molecule has 0 N–H and O–H groups in total. The highest BCUT2D eigenvalue weighted by Gasteiger charge is 2.32. The van der Waals surface area contributed by atoms with Gasteiger partial charge in [-0.1, -0.05) is 47.0 Å². The van der Waals surface area contributed by atoms with Crippen molar-refractivity contribution < 1.29 is 19.2 Å². The zero-order valence-electron chi connectivity index (χ0n) is 14.9. The summed E-state index contributed by atoms with van der Waals surface area (Å²) >= 11 is 6.32. The molecule has 0 bridgehead atoms. The van der Waals surface area contributed by atoms with Crippen LogP contribution in [0.1, 0.15) is 41.4 Å². The van der Waals surface area contributed by atoms with Crippen LogP contribution in [0.3, 0.4) is 0 Å². The summed E-state index contributed by atoms with van der Waals surface area (Å²) in [7, 11) is 0. The number of rotatable bonds is 0. The molecular weight excluding hydrogens is 457 g/mol. The smallest absolute Gasteiger partial charge is 0.186 e. The molecule has 0 unspecified atom stereocenters. The minimum absolute atomic E-state index is 0.148. The lowest BCUT2D eigenvalue weighted by molar-refractivity contribution is 0.0993. The first-order chi connectivity index (χ1) is 14.5. The van der Waals surface area contributed by atoms with Gasteiger partial charge in [0.2, 0.25) is 0 Å². The van der Waals surface area contributed by atoms with Gasteiger partial charge in [0.05, 0.1) is 8.47 Å². The summed E-state index contributed by atoms with van der Waals surface area (Å²) in [6, 6.07) is 7.22. The Morgan fingerprint density at radius 3 is 0.867 bits per heavy atom. The van der Waals surface area contributed by atoms with E-state index in [1.54, 1.807) is 71.3 Å². The maximum Gasteiger partial charge on any atom is 0.186 e. The molecular formula is C22H8O4S4. The molecule has 0 saturated heterocycles. The molecule has 0 saturated carbocycles. The predicted octanol–water partition coefficient (Wildman–Crippen LogP) is 5.78. The fourth-order valence-electron chi connectivity index (χ4n) is 3.52. The summed E-state index contributed by atoms with van der Waals surface area (Å²) < 4.78 is 2.14. The molecule has 0 atom stereocenters. The van der Waals surface area contributed by atoms with E-state index in [2.05, 4.69) is 0 Å². The number of fused-ring (bicyclic) bond motifs is 4. The van der Waals surface area contributed by atoms with Gasteiger partial charge in [-0.2, -0.15) is 0 Å². The lowest BCUT2D eigenvalue weighted by Crippen LogP contribution is -2.11. The third-order valence-corrected chi connectivity index (χ3v) is 10.5. The van der Waals surface area contributed by atoms with E-state index in [9.17, 15) is 19.2 Å². The molecule has 2 aromatic rings. The van der Waals surface area contributed by atoms with Crippen LogP contribution in [-0.4, -0.2) is 23.1 Å². The van der Waals surface area contributed by atoms with Crippen molar-refractivity contribution in [3.63, 3.8) is 0 Å². The molecule has 4 aliphatic rings. The Morgan fingerprint density at radius 2 is 0.633 bits per heavy atom. The Labute approximate surface area is 187 Å². The minimum Gasteiger partial charge on any atom is -0.289 e. The van der Waals surface area contributed by atoms with E-state index >= 15 is 0 Å². The first kappa shape index (κ1) is 18.5. The highest BCUT2D eigenvalue weighted by molar-refractivity contribution is 8.30. The van der Waals surface area contributed by atoms with Crippen LogP contribution in [0.2, 0.25) is 0 Å². The second-order valence-electron chi connectivity index (χ2n) is 6.80. The van der Waals surface area contributed by atoms with E-state index in [1.807, 2.05) is 0 Å². The second-order valence-corrected chi connectivity index (χ2v) is 11.5. The molecule has 2 aromatic carbocycles. The monoisotopic (exact) mass is 464 g/mol. The number of carbonyl (C=O) groups is 4. The molecule has 30 heavy (non-hydrogen) atoms. The van der Waals surface area contributed by atoms with Crippen molar-refractivity contribution in [2.45, 2.75) is 19.6 Å². The number of hydrogen-bond acceptors (Lipinski definition) is 8. The predicted molar refractivity (Wildman–Crippen MR) is 119 cm³/mol. The topological polar surface area (TPSA) is 68.3 Å². The Kier molecular flexibility index (Phi) is 4.08. The summed E-state index contributed by atoms with van der Waals surface area (Å²) in [6.07, 6.45) is 5.28. The van der Waals surface area contributed by atoms with E-state index in [1.165, 1.54) is 24.3 Å². The van der Waals surface area contributed by atoms with E-state index in [0.29, 0.717) is 22.3 Å². The van der Waals surface area contributed by atoms with Crippen molar-refractivity contribution in [3.05, 3.63) is 79.3 Å². The molecule has 4 nitrogen and oxygen atoms in total. The van der Waals surface area contributed by atoms with Crippen molar-refractivity contribution in [3.8, 4) is 0 Å². The number of thioether (sulfide) groups is 4. The normalized spacial score (nSPS) is 18.7. The lowest BCUT2D eigenvalue weighted by Gasteiger charge is -2.10. The Bertz CT molecular complexity index is 1160. The van der Waals surface area contributed by atoms with Crippen LogP contribution >= 0.6 is 47.0 Å². The van der Waals surface area contributed by atoms with Gasteiger partial charge < -0.3 is 0 Å². The summed E-state index contributed by atoms with van der Waals surface area (Å²) in [5.74, 6) is -0.594. The highest BCUT2D eigenvalue weighted by atomic mass is 32.2. The van der Waals surface area contributed by atoms with E-state index in [0.717, 1.165) is 28.1 Å². The fourth-order valence-corrected chi connectivity index (χ4v) is 8.91. The molecule has 2 aliphatic carbocycles. The minimum atomic E-state index is -0.148. The van der Waals surface area contributed by atoms with Gasteiger partial charge in [-0.05, 0) is 48.6 Å². The third-order valence-electron chi connectivity index (χ3n) is 4.98. The SMILES string of the molecule is O=C1C=CC(=O)c2cc3c(cc21)SC(=C1Sc2cc4c(cc2S1)C(=O)C=CC4=O)S3. The molecule has 6 rings (SSSR count). The van der Waals surface area contributed by atoms with Gasteiger partial charge in [-0.25, -0.2) is 0 Å². The zero-order chi connectivity index (χ0) is 20.6. The van der Waals surface area contributed by atoms with Crippen LogP contribution in [0.15, 0.2) is 76.6 Å². The summed E-state index contributed by atoms with van der Waals surface area (Å²) in [4.78, 5) is 52.5. The number of hydrogen-bond donors (Lipinski definition) is 0. The van der Waals surface area contributed by atoms with E-state index in [-0.39, 0.29) is 23.1 Å². The fraction of sp³-hybridized carbons (Fsp3) is 0. The molecule has 0 aromatic heterocycles. The van der Waals surface area contributed by atoms with Crippen LogP contribution in [0.5, 0.6) is 0 Å². The maximum atomic E-state index is 12.2. The van der Waals surface area contributed by atoms with Crippen LogP contribution in [0, 0.1) is 0 Å². The van der Waals surface area contributed by atoms with Crippen molar-refractivity contribution in [2.24, 2.45) is 0 Å². The Hall–Kier alpha value is -2.26. The van der Waals surface area contributed by atoms with Gasteiger partial charge >= 0.3 is 0 Å². The number of benzene rings is 2. The largest absolute Gasteiger partial charge is 0.289 e. The van der Waals surface area contributed by atoms with Gasteiger partial charge in [-0.15, -0.1) is 0 Å². The van der Waals surface area contributed by atoms with Crippen molar-refractivity contribution in [1.82, 2.24) is 0 Å². The number of allylic oxidation sites excluding steroid dienone is 4. The van der Waals surface area contributed by atoms with Crippen LogP contribution in [0.25, 0.3) is 0 Å². The Morgan fingerprint density at radius 1 is 0.400 bits per heavy atom. The summed E-state index contributed by atoms with van der Waals surface area (Å²) in [6.45, 7) is 0. The van der Waals surface area contributed by atoms with Gasteiger partial charge in [0.15, 0.2) is 23.1 Å². The number of carbonyl (C=O) groups excluding carboxylic acids is 4. The first-order valence-electron chi connectivity index (χ1n) is 8.83. The van der Waals surface area contributed by atoms with E-state index in [4.69, 9.17) is 0 Å². The molecule has 0 radical (unpaired) electrons. The van der Waals surface area contributed by atoms with Crippen LogP contribution in [-0.2, 0) is 0 Å². The van der Waals surface area contributed by atoms with Gasteiger partial charge in [-0.3, -0.25) is 19.2 Å². The van der Waals surface area contributed by atoms with Crippen molar-refractivity contribution >= 4 is 70.2 Å². The molecule has 8 heteroatoms. The average molecular weight is 465 g/mol. The maximum absolute atomic E-state index is 12.2. The third kappa shape index (κ3) is 2.75. The molecule has 144 valence electrons. The van der Waals surface area contributed by atoms with E-state index < -0.39 is 0 Å². The highest BCUT2D eigenvalue weighted by Crippen LogP contribution is 2.62. The van der Waals surface area contributed by atoms with Gasteiger partial charge in [0.25, 0.3) is 0 Å². The van der Waals surface area contributed by atoms with Gasteiger partial charge in [0.1, 0.15) is 0 Å². The van der Waals surface area contributed by atoms with Crippen molar-refractivity contribution in [2.75, 3.05) is 0 Å².